The third-order valence-corrected chi connectivity index (χ3v) is 13.2. The average Bonchev–Trinajstić information content (AvgIpc) is 3.75. The summed E-state index contributed by atoms with van der Waals surface area (Å²) in [6, 6.07) is 2.23. The standard InChI is InChI=1S/C52H92NO10P/c1-8-10-26-32-46-40-43(3)48(61-46)33-28-22-18-14-12-13-15-21-25-31-37-52(55)62-47(42-60-64(56,57)59-39-38-53(6)7)41-58-51(54)36-30-24-20-17-16-19-23-29-35-50-45(5)44(4)49(63-50)34-27-11-9-2/h40,47H,8-39,41-42H2,1-7H3,(H,56,57)/t47-/m1/s1. The average molecular weight is 922 g/mol. The van der Waals surface area contributed by atoms with E-state index in [-0.39, 0.29) is 32.0 Å². The summed E-state index contributed by atoms with van der Waals surface area (Å²) in [4.78, 5) is 37.4. The Hall–Kier alpha value is -2.43. The van der Waals surface area contributed by atoms with Crippen LogP contribution in [-0.2, 0) is 58.4 Å². The molecule has 0 fully saturated rings. The van der Waals surface area contributed by atoms with E-state index < -0.39 is 26.5 Å². The predicted octanol–water partition coefficient (Wildman–Crippen LogP) is 14.0. The minimum Gasteiger partial charge on any atom is -0.466 e. The van der Waals surface area contributed by atoms with Gasteiger partial charge in [-0.3, -0.25) is 18.6 Å². The number of phosphoric ester groups is 1. The molecule has 0 aliphatic carbocycles. The van der Waals surface area contributed by atoms with Crippen molar-refractivity contribution in [3.05, 3.63) is 45.8 Å². The van der Waals surface area contributed by atoms with Crippen LogP contribution >= 0.6 is 7.82 Å². The van der Waals surface area contributed by atoms with Crippen molar-refractivity contribution in [1.29, 1.82) is 0 Å². The third-order valence-electron chi connectivity index (χ3n) is 12.3. The van der Waals surface area contributed by atoms with Crippen molar-refractivity contribution in [1.82, 2.24) is 4.90 Å². The van der Waals surface area contributed by atoms with Crippen LogP contribution in [0.15, 0.2) is 14.9 Å². The Morgan fingerprint density at radius 1 is 0.594 bits per heavy atom. The van der Waals surface area contributed by atoms with Crippen molar-refractivity contribution in [3.8, 4) is 0 Å². The van der Waals surface area contributed by atoms with Crippen LogP contribution in [0.2, 0.25) is 0 Å². The summed E-state index contributed by atoms with van der Waals surface area (Å²) < 4.78 is 46.1. The van der Waals surface area contributed by atoms with Gasteiger partial charge in [0.15, 0.2) is 6.10 Å². The van der Waals surface area contributed by atoms with Crippen LogP contribution in [0.25, 0.3) is 0 Å². The van der Waals surface area contributed by atoms with Gasteiger partial charge in [-0.1, -0.05) is 129 Å². The van der Waals surface area contributed by atoms with E-state index in [1.54, 1.807) is 0 Å². The number of hydrogen-bond donors (Lipinski definition) is 1. The van der Waals surface area contributed by atoms with E-state index >= 15 is 0 Å². The van der Waals surface area contributed by atoms with Crippen LogP contribution in [0.1, 0.15) is 221 Å². The largest absolute Gasteiger partial charge is 0.472 e. The molecular formula is C52H92NO10P. The van der Waals surface area contributed by atoms with E-state index in [2.05, 4.69) is 40.7 Å². The van der Waals surface area contributed by atoms with Crippen molar-refractivity contribution >= 4 is 19.8 Å². The number of furan rings is 2. The van der Waals surface area contributed by atoms with E-state index in [9.17, 15) is 19.0 Å². The predicted molar refractivity (Wildman–Crippen MR) is 259 cm³/mol. The molecule has 64 heavy (non-hydrogen) atoms. The van der Waals surface area contributed by atoms with E-state index in [0.717, 1.165) is 82.8 Å². The third kappa shape index (κ3) is 27.9. The Balaban J connectivity index is 1.58. The van der Waals surface area contributed by atoms with Gasteiger partial charge in [0.2, 0.25) is 0 Å². The molecule has 2 aromatic rings. The highest BCUT2D eigenvalue weighted by Gasteiger charge is 2.26. The molecule has 12 heteroatoms. The minimum absolute atomic E-state index is 0.00228. The maximum atomic E-state index is 12.8. The van der Waals surface area contributed by atoms with Crippen LogP contribution < -0.4 is 0 Å². The van der Waals surface area contributed by atoms with Crippen molar-refractivity contribution in [2.75, 3.05) is 40.5 Å². The van der Waals surface area contributed by atoms with Gasteiger partial charge in [0.25, 0.3) is 0 Å². The lowest BCUT2D eigenvalue weighted by Gasteiger charge is -2.20. The first-order chi connectivity index (χ1) is 30.8. The molecule has 2 heterocycles. The fraction of sp³-hybridized carbons (Fsp3) is 0.808. The molecule has 0 saturated heterocycles. The van der Waals surface area contributed by atoms with Crippen molar-refractivity contribution < 1.29 is 46.4 Å². The number of ether oxygens (including phenoxy) is 2. The Morgan fingerprint density at radius 2 is 1.05 bits per heavy atom. The first kappa shape index (κ1) is 57.7. The summed E-state index contributed by atoms with van der Waals surface area (Å²) in [7, 11) is -0.738. The van der Waals surface area contributed by atoms with Gasteiger partial charge in [0.05, 0.1) is 13.2 Å². The molecule has 0 aliphatic heterocycles. The van der Waals surface area contributed by atoms with Crippen LogP contribution in [0.5, 0.6) is 0 Å². The van der Waals surface area contributed by atoms with Gasteiger partial charge >= 0.3 is 19.8 Å². The monoisotopic (exact) mass is 922 g/mol. The zero-order chi connectivity index (χ0) is 46.8. The number of carbonyl (C=O) groups is 2. The molecule has 11 nitrogen and oxygen atoms in total. The number of aryl methyl sites for hydroxylation is 5. The van der Waals surface area contributed by atoms with E-state index in [0.29, 0.717) is 13.0 Å². The van der Waals surface area contributed by atoms with Crippen molar-refractivity contribution in [2.45, 2.75) is 233 Å². The Labute approximate surface area is 389 Å². The highest BCUT2D eigenvalue weighted by atomic mass is 31.2. The van der Waals surface area contributed by atoms with Gasteiger partial charge in [0, 0.05) is 45.1 Å². The second-order valence-electron chi connectivity index (χ2n) is 18.5. The smallest absolute Gasteiger partial charge is 0.466 e. The molecule has 2 aromatic heterocycles. The number of rotatable bonds is 42. The number of hydrogen-bond acceptors (Lipinski definition) is 10. The fourth-order valence-corrected chi connectivity index (χ4v) is 8.74. The lowest BCUT2D eigenvalue weighted by Crippen LogP contribution is -2.29. The second-order valence-corrected chi connectivity index (χ2v) is 19.9. The highest BCUT2D eigenvalue weighted by Crippen LogP contribution is 2.43. The summed E-state index contributed by atoms with van der Waals surface area (Å²) >= 11 is 0. The van der Waals surface area contributed by atoms with Gasteiger partial charge in [0.1, 0.15) is 29.6 Å². The maximum Gasteiger partial charge on any atom is 0.472 e. The zero-order valence-electron chi connectivity index (χ0n) is 41.7. The Morgan fingerprint density at radius 3 is 1.56 bits per heavy atom. The van der Waals surface area contributed by atoms with Gasteiger partial charge in [-0.2, -0.15) is 0 Å². The molecular weight excluding hydrogens is 830 g/mol. The fourth-order valence-electron chi connectivity index (χ4n) is 8.00. The van der Waals surface area contributed by atoms with E-state index in [1.165, 1.54) is 130 Å². The molecule has 0 bridgehead atoms. The zero-order valence-corrected chi connectivity index (χ0v) is 42.6. The van der Waals surface area contributed by atoms with Crippen molar-refractivity contribution in [3.63, 3.8) is 0 Å². The number of esters is 2. The summed E-state index contributed by atoms with van der Waals surface area (Å²) in [5.74, 6) is 3.82. The lowest BCUT2D eigenvalue weighted by atomic mass is 10.0. The lowest BCUT2D eigenvalue weighted by molar-refractivity contribution is -0.161. The normalized spacial score (nSPS) is 13.1. The first-order valence-electron chi connectivity index (χ1n) is 25.6. The van der Waals surface area contributed by atoms with Crippen molar-refractivity contribution in [2.24, 2.45) is 0 Å². The SMILES string of the molecule is CCCCCc1cc(C)c(CCCCCCCCCCCCC(=O)O[C@H](COC(=O)CCCCCCCCCCc2oc(CCCCC)c(C)c2C)COP(=O)(O)OCCN(C)C)o1. The van der Waals surface area contributed by atoms with Gasteiger partial charge < -0.3 is 28.1 Å². The number of carbonyl (C=O) groups excluding carboxylic acids is 2. The van der Waals surface area contributed by atoms with Crippen LogP contribution in [0, 0.1) is 20.8 Å². The Kier molecular flexibility index (Phi) is 32.2. The van der Waals surface area contributed by atoms with Crippen LogP contribution in [0.3, 0.4) is 0 Å². The van der Waals surface area contributed by atoms with Crippen LogP contribution in [-0.4, -0.2) is 68.3 Å². The van der Waals surface area contributed by atoms with E-state index in [1.807, 2.05) is 19.0 Å². The number of nitrogens with zero attached hydrogens (tertiary/aromatic N) is 1. The molecule has 2 rings (SSSR count). The van der Waals surface area contributed by atoms with Gasteiger partial charge in [-0.05, 0) is 96.1 Å². The minimum atomic E-state index is -4.39. The highest BCUT2D eigenvalue weighted by molar-refractivity contribution is 7.47. The van der Waals surface area contributed by atoms with Gasteiger partial charge in [-0.25, -0.2) is 4.57 Å². The molecule has 2 atom stereocenters. The molecule has 0 spiro atoms. The van der Waals surface area contributed by atoms with Crippen LogP contribution in [0.4, 0.5) is 0 Å². The first-order valence-corrected chi connectivity index (χ1v) is 27.1. The molecule has 0 aromatic carbocycles. The number of phosphoric acid groups is 1. The quantitative estimate of drug-likeness (QED) is 0.0387. The molecule has 1 N–H and O–H groups in total. The maximum absolute atomic E-state index is 12.8. The molecule has 0 saturated carbocycles. The topological polar surface area (TPSA) is 138 Å². The summed E-state index contributed by atoms with van der Waals surface area (Å²) in [6.07, 6.45) is 30.6. The van der Waals surface area contributed by atoms with Gasteiger partial charge in [-0.15, -0.1) is 0 Å². The summed E-state index contributed by atoms with van der Waals surface area (Å²) in [5.41, 5.74) is 3.96. The molecule has 0 radical (unpaired) electrons. The number of unbranched alkanes of at least 4 members (excludes halogenated alkanes) is 20. The molecule has 0 amide bonds. The molecule has 370 valence electrons. The molecule has 1 unspecified atom stereocenters. The second kappa shape index (κ2) is 35.7. The molecule has 0 aliphatic rings. The summed E-state index contributed by atoms with van der Waals surface area (Å²) in [5, 5.41) is 0. The summed E-state index contributed by atoms with van der Waals surface area (Å²) in [6.45, 7) is 10.8. The Bertz CT molecular complexity index is 1550. The number of likely N-dealkylation sites (N-methyl/N-ethyl adjacent to an activating group) is 1. The van der Waals surface area contributed by atoms with E-state index in [4.69, 9.17) is 27.4 Å².